The minimum atomic E-state index is 0.223. The second-order valence-electron chi connectivity index (χ2n) is 3.52. The lowest BCUT2D eigenvalue weighted by atomic mass is 10.1. The van der Waals surface area contributed by atoms with Gasteiger partial charge in [0.15, 0.2) is 0 Å². The van der Waals surface area contributed by atoms with Gasteiger partial charge in [-0.1, -0.05) is 0 Å². The first-order valence-corrected chi connectivity index (χ1v) is 4.93. The Morgan fingerprint density at radius 1 is 1.69 bits per heavy atom. The van der Waals surface area contributed by atoms with Gasteiger partial charge in [-0.15, -0.1) is 0 Å². The van der Waals surface area contributed by atoms with Crippen molar-refractivity contribution in [2.75, 3.05) is 33.4 Å². The van der Waals surface area contributed by atoms with Crippen molar-refractivity contribution in [2.45, 2.75) is 24.9 Å². The Balaban J connectivity index is 2.19. The number of rotatable bonds is 6. The predicted octanol–water partition coefficient (Wildman–Crippen LogP) is -0.665. The van der Waals surface area contributed by atoms with E-state index in [1.807, 2.05) is 0 Å². The molecule has 2 unspecified atom stereocenters. The van der Waals surface area contributed by atoms with E-state index < -0.39 is 0 Å². The van der Waals surface area contributed by atoms with Gasteiger partial charge in [-0.2, -0.15) is 0 Å². The highest BCUT2D eigenvalue weighted by Crippen LogP contribution is 2.01. The van der Waals surface area contributed by atoms with E-state index in [0.29, 0.717) is 18.7 Å². The highest BCUT2D eigenvalue weighted by atomic mass is 16.5. The van der Waals surface area contributed by atoms with Crippen molar-refractivity contribution in [3.8, 4) is 0 Å². The second-order valence-corrected chi connectivity index (χ2v) is 3.52. The van der Waals surface area contributed by atoms with Crippen LogP contribution in [0.2, 0.25) is 0 Å². The summed E-state index contributed by atoms with van der Waals surface area (Å²) in [5.74, 6) is 0. The number of nitrogens with one attached hydrogen (secondary N) is 2. The molecule has 4 heteroatoms. The van der Waals surface area contributed by atoms with E-state index in [2.05, 4.69) is 10.6 Å². The van der Waals surface area contributed by atoms with Crippen molar-refractivity contribution in [2.24, 2.45) is 0 Å². The largest absolute Gasteiger partial charge is 0.396 e. The Labute approximate surface area is 79.7 Å². The third-order valence-corrected chi connectivity index (χ3v) is 2.38. The fourth-order valence-electron chi connectivity index (χ4n) is 1.70. The summed E-state index contributed by atoms with van der Waals surface area (Å²) in [6.07, 6.45) is 1.94. The summed E-state index contributed by atoms with van der Waals surface area (Å²) in [5.41, 5.74) is 0. The SMILES string of the molecule is COCC(CCO)NC1CCNC1. The van der Waals surface area contributed by atoms with Crippen LogP contribution in [0.3, 0.4) is 0 Å². The van der Waals surface area contributed by atoms with E-state index in [1.165, 1.54) is 6.42 Å². The minimum Gasteiger partial charge on any atom is -0.396 e. The topological polar surface area (TPSA) is 53.5 Å². The van der Waals surface area contributed by atoms with Gasteiger partial charge in [-0.25, -0.2) is 0 Å². The molecule has 1 aliphatic rings. The number of aliphatic hydroxyl groups is 1. The summed E-state index contributed by atoms with van der Waals surface area (Å²) in [7, 11) is 1.69. The minimum absolute atomic E-state index is 0.223. The molecule has 78 valence electrons. The third-order valence-electron chi connectivity index (χ3n) is 2.38. The Kier molecular flexibility index (Phi) is 5.31. The Morgan fingerprint density at radius 3 is 3.08 bits per heavy atom. The van der Waals surface area contributed by atoms with Crippen LogP contribution in [-0.4, -0.2) is 50.6 Å². The zero-order valence-electron chi connectivity index (χ0n) is 8.25. The van der Waals surface area contributed by atoms with E-state index in [1.54, 1.807) is 7.11 Å². The van der Waals surface area contributed by atoms with Crippen molar-refractivity contribution in [1.29, 1.82) is 0 Å². The van der Waals surface area contributed by atoms with Crippen LogP contribution in [-0.2, 0) is 4.74 Å². The summed E-state index contributed by atoms with van der Waals surface area (Å²) in [5, 5.41) is 15.6. The summed E-state index contributed by atoms with van der Waals surface area (Å²) in [6, 6.07) is 0.839. The van der Waals surface area contributed by atoms with Gasteiger partial charge in [0.05, 0.1) is 6.61 Å². The van der Waals surface area contributed by atoms with Crippen LogP contribution >= 0.6 is 0 Å². The maximum atomic E-state index is 8.83. The van der Waals surface area contributed by atoms with E-state index in [-0.39, 0.29) is 6.61 Å². The molecule has 1 fully saturated rings. The maximum Gasteiger partial charge on any atom is 0.0616 e. The van der Waals surface area contributed by atoms with Crippen molar-refractivity contribution in [3.05, 3.63) is 0 Å². The number of hydrogen-bond donors (Lipinski definition) is 3. The highest BCUT2D eigenvalue weighted by molar-refractivity contribution is 4.81. The molecule has 0 radical (unpaired) electrons. The van der Waals surface area contributed by atoms with Gasteiger partial charge in [0, 0.05) is 32.3 Å². The predicted molar refractivity (Wildman–Crippen MR) is 51.8 cm³/mol. The van der Waals surface area contributed by atoms with Gasteiger partial charge in [0.2, 0.25) is 0 Å². The molecule has 3 N–H and O–H groups in total. The molecule has 0 saturated carbocycles. The molecule has 0 aliphatic carbocycles. The first kappa shape index (κ1) is 10.9. The Hall–Kier alpha value is -0.160. The average Bonchev–Trinajstić information content (AvgIpc) is 2.58. The molecule has 0 aromatic carbocycles. The van der Waals surface area contributed by atoms with Crippen LogP contribution in [0, 0.1) is 0 Å². The van der Waals surface area contributed by atoms with Crippen LogP contribution in [0.25, 0.3) is 0 Å². The van der Waals surface area contributed by atoms with E-state index in [4.69, 9.17) is 9.84 Å². The van der Waals surface area contributed by atoms with Crippen LogP contribution in [0.4, 0.5) is 0 Å². The van der Waals surface area contributed by atoms with Crippen LogP contribution < -0.4 is 10.6 Å². The van der Waals surface area contributed by atoms with Gasteiger partial charge in [-0.05, 0) is 19.4 Å². The molecule has 0 bridgehead atoms. The average molecular weight is 188 g/mol. The summed E-state index contributed by atoms with van der Waals surface area (Å²) >= 11 is 0. The number of ether oxygens (including phenoxy) is 1. The van der Waals surface area contributed by atoms with Gasteiger partial charge in [0.25, 0.3) is 0 Å². The molecule has 1 rings (SSSR count). The zero-order valence-corrected chi connectivity index (χ0v) is 8.25. The lowest BCUT2D eigenvalue weighted by Crippen LogP contribution is -2.42. The first-order valence-electron chi connectivity index (χ1n) is 4.93. The highest BCUT2D eigenvalue weighted by Gasteiger charge is 2.18. The Bertz CT molecular complexity index is 121. The molecular formula is C9H20N2O2. The molecule has 0 aromatic rings. The fourth-order valence-corrected chi connectivity index (χ4v) is 1.70. The molecule has 0 aromatic heterocycles. The molecule has 1 heterocycles. The van der Waals surface area contributed by atoms with Crippen LogP contribution in [0.15, 0.2) is 0 Å². The smallest absolute Gasteiger partial charge is 0.0616 e. The van der Waals surface area contributed by atoms with Gasteiger partial charge >= 0.3 is 0 Å². The maximum absolute atomic E-state index is 8.83. The molecule has 1 aliphatic heterocycles. The van der Waals surface area contributed by atoms with E-state index in [0.717, 1.165) is 19.5 Å². The monoisotopic (exact) mass is 188 g/mol. The molecule has 0 spiro atoms. The molecule has 1 saturated heterocycles. The quantitative estimate of drug-likeness (QED) is 0.518. The summed E-state index contributed by atoms with van der Waals surface area (Å²) < 4.78 is 5.07. The second kappa shape index (κ2) is 6.32. The summed E-state index contributed by atoms with van der Waals surface area (Å²) in [6.45, 7) is 3.03. The number of methoxy groups -OCH3 is 1. The van der Waals surface area contributed by atoms with Crippen molar-refractivity contribution < 1.29 is 9.84 Å². The van der Waals surface area contributed by atoms with Crippen LogP contribution in [0.1, 0.15) is 12.8 Å². The van der Waals surface area contributed by atoms with Gasteiger partial charge in [0.1, 0.15) is 0 Å². The van der Waals surface area contributed by atoms with Crippen molar-refractivity contribution in [3.63, 3.8) is 0 Å². The first-order chi connectivity index (χ1) is 6.36. The zero-order chi connectivity index (χ0) is 9.52. The van der Waals surface area contributed by atoms with Crippen LogP contribution in [0.5, 0.6) is 0 Å². The number of aliphatic hydroxyl groups excluding tert-OH is 1. The standard InChI is InChI=1S/C9H20N2O2/c1-13-7-9(3-5-12)11-8-2-4-10-6-8/h8-12H,2-7H2,1H3. The molecule has 2 atom stereocenters. The molecule has 13 heavy (non-hydrogen) atoms. The lowest BCUT2D eigenvalue weighted by Gasteiger charge is -2.21. The Morgan fingerprint density at radius 2 is 2.54 bits per heavy atom. The summed E-state index contributed by atoms with van der Waals surface area (Å²) in [4.78, 5) is 0. The van der Waals surface area contributed by atoms with E-state index >= 15 is 0 Å². The molecule has 4 nitrogen and oxygen atoms in total. The normalized spacial score (nSPS) is 24.9. The number of hydrogen-bond acceptors (Lipinski definition) is 4. The van der Waals surface area contributed by atoms with E-state index in [9.17, 15) is 0 Å². The van der Waals surface area contributed by atoms with Gasteiger partial charge < -0.3 is 20.5 Å². The van der Waals surface area contributed by atoms with Crippen molar-refractivity contribution in [1.82, 2.24) is 10.6 Å². The lowest BCUT2D eigenvalue weighted by molar-refractivity contribution is 0.143. The van der Waals surface area contributed by atoms with Crippen molar-refractivity contribution >= 4 is 0 Å². The molecular weight excluding hydrogens is 168 g/mol. The molecule has 0 amide bonds. The third kappa shape index (κ3) is 4.04. The fraction of sp³-hybridized carbons (Fsp3) is 1.00. The van der Waals surface area contributed by atoms with Gasteiger partial charge in [-0.3, -0.25) is 0 Å².